The molecule has 160 valence electrons. The van der Waals surface area contributed by atoms with Gasteiger partial charge < -0.3 is 10.7 Å². The summed E-state index contributed by atoms with van der Waals surface area (Å²) in [7, 11) is 0. The van der Waals surface area contributed by atoms with Crippen LogP contribution in [0.2, 0.25) is 0 Å². The Hall–Kier alpha value is -4.07. The smallest absolute Gasteiger partial charge is 0.219 e. The summed E-state index contributed by atoms with van der Waals surface area (Å²) in [5, 5.41) is 15.4. The van der Waals surface area contributed by atoms with Gasteiger partial charge in [0.2, 0.25) is 5.95 Å². The highest BCUT2D eigenvalue weighted by Crippen LogP contribution is 2.43. The van der Waals surface area contributed by atoms with Gasteiger partial charge in [-0.1, -0.05) is 57.2 Å². The van der Waals surface area contributed by atoms with E-state index in [2.05, 4.69) is 98.9 Å². The molecule has 0 bridgehead atoms. The number of aromatic nitrogens is 7. The molecule has 0 aliphatic carbocycles. The third-order valence-electron chi connectivity index (χ3n) is 6.50. The first kappa shape index (κ1) is 19.9. The Bertz CT molecular complexity index is 1350. The van der Waals surface area contributed by atoms with Gasteiger partial charge in [0.1, 0.15) is 0 Å². The number of anilines is 1. The SMILES string of the molecule is CC(C)C(C)(c1ccc(-c2cnc(N)nc2)cc1)c1c[nH]c2cc(-c3nnn[nH]3)ccc12. The Labute approximate surface area is 185 Å². The van der Waals surface area contributed by atoms with Gasteiger partial charge in [-0.15, -0.1) is 5.10 Å². The van der Waals surface area contributed by atoms with E-state index in [1.54, 1.807) is 12.4 Å². The Balaban J connectivity index is 1.56. The molecule has 0 aliphatic heterocycles. The van der Waals surface area contributed by atoms with Gasteiger partial charge in [0.25, 0.3) is 0 Å². The van der Waals surface area contributed by atoms with Crippen LogP contribution in [-0.2, 0) is 5.41 Å². The molecular weight excluding hydrogens is 400 g/mol. The minimum Gasteiger partial charge on any atom is -0.368 e. The number of nitrogens with one attached hydrogen (secondary N) is 2. The average Bonchev–Trinajstić information content (AvgIpc) is 3.49. The summed E-state index contributed by atoms with van der Waals surface area (Å²) in [4.78, 5) is 11.7. The Morgan fingerprint density at radius 1 is 0.938 bits per heavy atom. The average molecular weight is 425 g/mol. The molecule has 5 aromatic rings. The number of hydrogen-bond donors (Lipinski definition) is 3. The molecule has 0 saturated carbocycles. The van der Waals surface area contributed by atoms with Gasteiger partial charge in [0.15, 0.2) is 5.82 Å². The minimum atomic E-state index is -0.191. The molecule has 8 heteroatoms. The number of nitrogens with zero attached hydrogens (tertiary/aromatic N) is 5. The molecule has 1 atom stereocenters. The monoisotopic (exact) mass is 424 g/mol. The molecule has 3 heterocycles. The quantitative estimate of drug-likeness (QED) is 0.385. The van der Waals surface area contributed by atoms with Gasteiger partial charge in [-0.25, -0.2) is 15.1 Å². The Morgan fingerprint density at radius 2 is 1.66 bits per heavy atom. The number of fused-ring (bicyclic) bond motifs is 1. The predicted octanol–water partition coefficient (Wildman–Crippen LogP) is 4.35. The highest BCUT2D eigenvalue weighted by molar-refractivity contribution is 5.88. The molecule has 0 saturated heterocycles. The van der Waals surface area contributed by atoms with Crippen molar-refractivity contribution in [1.82, 2.24) is 35.6 Å². The molecule has 8 nitrogen and oxygen atoms in total. The second kappa shape index (κ2) is 7.56. The van der Waals surface area contributed by atoms with Crippen molar-refractivity contribution < 1.29 is 0 Å². The molecule has 0 aliphatic rings. The number of benzene rings is 2. The highest BCUT2D eigenvalue weighted by atomic mass is 15.5. The lowest BCUT2D eigenvalue weighted by Gasteiger charge is -2.35. The molecule has 0 radical (unpaired) electrons. The molecule has 1 unspecified atom stereocenters. The second-order valence-electron chi connectivity index (χ2n) is 8.48. The molecule has 0 spiro atoms. The van der Waals surface area contributed by atoms with Gasteiger partial charge in [0, 0.05) is 46.0 Å². The van der Waals surface area contributed by atoms with Crippen LogP contribution in [0.3, 0.4) is 0 Å². The van der Waals surface area contributed by atoms with Crippen molar-refractivity contribution in [3.8, 4) is 22.5 Å². The van der Waals surface area contributed by atoms with Crippen molar-refractivity contribution in [3.05, 3.63) is 72.2 Å². The van der Waals surface area contributed by atoms with E-state index in [0.717, 1.165) is 22.2 Å². The maximum absolute atomic E-state index is 5.62. The Morgan fingerprint density at radius 3 is 2.31 bits per heavy atom. The lowest BCUT2D eigenvalue weighted by atomic mass is 9.68. The Kier molecular flexibility index (Phi) is 4.70. The summed E-state index contributed by atoms with van der Waals surface area (Å²) in [5.74, 6) is 1.29. The van der Waals surface area contributed by atoms with Crippen molar-refractivity contribution in [2.75, 3.05) is 5.73 Å². The summed E-state index contributed by atoms with van der Waals surface area (Å²) < 4.78 is 0. The number of H-pyrrole nitrogens is 2. The standard InChI is InChI=1S/C24H24N8/c1-14(2)24(3,18-7-4-15(5-8-18)17-11-27-23(25)28-12-17)20-13-26-21-10-16(6-9-19(20)21)22-29-31-32-30-22/h4-14,26H,1-3H3,(H2,25,27,28)(H,29,30,31,32). The van der Waals surface area contributed by atoms with Crippen LogP contribution in [-0.4, -0.2) is 35.6 Å². The largest absolute Gasteiger partial charge is 0.368 e. The fourth-order valence-electron chi connectivity index (χ4n) is 4.28. The summed E-state index contributed by atoms with van der Waals surface area (Å²) in [6.07, 6.45) is 5.62. The molecule has 2 aromatic carbocycles. The lowest BCUT2D eigenvalue weighted by molar-refractivity contribution is 0.408. The molecule has 0 fully saturated rings. The summed E-state index contributed by atoms with van der Waals surface area (Å²) in [6, 6.07) is 14.9. The molecule has 32 heavy (non-hydrogen) atoms. The van der Waals surface area contributed by atoms with Crippen LogP contribution in [0.5, 0.6) is 0 Å². The van der Waals surface area contributed by atoms with Crippen LogP contribution in [0, 0.1) is 5.92 Å². The fourth-order valence-corrected chi connectivity index (χ4v) is 4.28. The highest BCUT2D eigenvalue weighted by Gasteiger charge is 2.34. The zero-order chi connectivity index (χ0) is 22.3. The zero-order valence-corrected chi connectivity index (χ0v) is 18.2. The zero-order valence-electron chi connectivity index (χ0n) is 18.2. The van der Waals surface area contributed by atoms with E-state index in [1.165, 1.54) is 16.5 Å². The predicted molar refractivity (Wildman–Crippen MR) is 125 cm³/mol. The van der Waals surface area contributed by atoms with Crippen LogP contribution in [0.25, 0.3) is 33.4 Å². The number of nitrogen functional groups attached to an aromatic ring is 1. The first-order valence-electron chi connectivity index (χ1n) is 10.5. The van der Waals surface area contributed by atoms with E-state index in [1.807, 2.05) is 6.07 Å². The van der Waals surface area contributed by atoms with Crippen LogP contribution in [0.1, 0.15) is 31.9 Å². The molecule has 3 aromatic heterocycles. The van der Waals surface area contributed by atoms with Crippen molar-refractivity contribution >= 4 is 16.9 Å². The van der Waals surface area contributed by atoms with Gasteiger partial charge in [-0.2, -0.15) is 0 Å². The molecule has 5 rings (SSSR count). The first-order chi connectivity index (χ1) is 15.5. The van der Waals surface area contributed by atoms with E-state index in [4.69, 9.17) is 5.73 Å². The van der Waals surface area contributed by atoms with Crippen molar-refractivity contribution in [2.24, 2.45) is 5.92 Å². The third-order valence-corrected chi connectivity index (χ3v) is 6.50. The number of nitrogens with two attached hydrogens (primary N) is 1. The summed E-state index contributed by atoms with van der Waals surface area (Å²) in [6.45, 7) is 6.82. The van der Waals surface area contributed by atoms with Crippen molar-refractivity contribution in [2.45, 2.75) is 26.2 Å². The molecular formula is C24H24N8. The van der Waals surface area contributed by atoms with Crippen molar-refractivity contribution in [3.63, 3.8) is 0 Å². The van der Waals surface area contributed by atoms with Crippen LogP contribution in [0.4, 0.5) is 5.95 Å². The van der Waals surface area contributed by atoms with Crippen LogP contribution >= 0.6 is 0 Å². The second-order valence-corrected chi connectivity index (χ2v) is 8.48. The van der Waals surface area contributed by atoms with E-state index in [0.29, 0.717) is 11.7 Å². The number of rotatable bonds is 5. The number of aromatic amines is 2. The van der Waals surface area contributed by atoms with E-state index < -0.39 is 0 Å². The first-order valence-corrected chi connectivity index (χ1v) is 10.5. The van der Waals surface area contributed by atoms with Crippen LogP contribution < -0.4 is 5.73 Å². The van der Waals surface area contributed by atoms with Crippen molar-refractivity contribution in [1.29, 1.82) is 0 Å². The molecule has 0 amide bonds. The normalized spacial score (nSPS) is 13.5. The maximum Gasteiger partial charge on any atom is 0.219 e. The topological polar surface area (TPSA) is 122 Å². The maximum atomic E-state index is 5.62. The van der Waals surface area contributed by atoms with Gasteiger partial charge in [-0.05, 0) is 39.1 Å². The minimum absolute atomic E-state index is 0.191. The number of tetrazole rings is 1. The van der Waals surface area contributed by atoms with Gasteiger partial charge in [-0.3, -0.25) is 0 Å². The summed E-state index contributed by atoms with van der Waals surface area (Å²) in [5.41, 5.74) is 11.9. The van der Waals surface area contributed by atoms with Gasteiger partial charge in [0.05, 0.1) is 0 Å². The lowest BCUT2D eigenvalue weighted by Crippen LogP contribution is -2.29. The van der Waals surface area contributed by atoms with Crippen LogP contribution in [0.15, 0.2) is 61.1 Å². The summed E-state index contributed by atoms with van der Waals surface area (Å²) >= 11 is 0. The number of hydrogen-bond acceptors (Lipinski definition) is 6. The van der Waals surface area contributed by atoms with E-state index in [-0.39, 0.29) is 11.4 Å². The van der Waals surface area contributed by atoms with E-state index >= 15 is 0 Å². The molecule has 4 N–H and O–H groups in total. The van der Waals surface area contributed by atoms with Gasteiger partial charge >= 0.3 is 0 Å². The fraction of sp³-hybridized carbons (Fsp3) is 0.208. The van der Waals surface area contributed by atoms with E-state index in [9.17, 15) is 0 Å². The third kappa shape index (κ3) is 3.20.